The van der Waals surface area contributed by atoms with Crippen molar-refractivity contribution < 1.29 is 19.5 Å². The maximum Gasteiger partial charge on any atom is 0.362 e. The van der Waals surface area contributed by atoms with E-state index in [0.29, 0.717) is 6.41 Å². The molecule has 8 nitrogen and oxygen atoms in total. The van der Waals surface area contributed by atoms with Gasteiger partial charge in [0.2, 0.25) is 23.1 Å². The lowest BCUT2D eigenvalue weighted by atomic mass is 10.4. The van der Waals surface area contributed by atoms with Gasteiger partial charge < -0.3 is 15.3 Å². The van der Waals surface area contributed by atoms with Crippen LogP contribution in [-0.4, -0.2) is 39.7 Å². The van der Waals surface area contributed by atoms with Crippen LogP contribution in [0.1, 0.15) is 5.82 Å². The summed E-state index contributed by atoms with van der Waals surface area (Å²) in [5.74, 6) is -1.42. The molecular formula is C6H6N4O4S. The van der Waals surface area contributed by atoms with Gasteiger partial charge in [0.15, 0.2) is 0 Å². The molecule has 0 aromatic carbocycles. The predicted octanol–water partition coefficient (Wildman–Crippen LogP) is -0.458. The first-order valence-electron chi connectivity index (χ1n) is 3.57. The molecule has 9 heteroatoms. The molecular weight excluding hydrogens is 224 g/mol. The minimum atomic E-state index is -1.31. The molecule has 1 amide bonds. The largest absolute Gasteiger partial charge is 0.476 e. The molecule has 0 fully saturated rings. The molecule has 0 aliphatic heterocycles. The number of rotatable bonds is 5. The van der Waals surface area contributed by atoms with Crippen LogP contribution in [0.2, 0.25) is 0 Å². The Labute approximate surface area is 87.7 Å². The van der Waals surface area contributed by atoms with Crippen molar-refractivity contribution in [3.8, 4) is 0 Å². The zero-order chi connectivity index (χ0) is 11.3. The van der Waals surface area contributed by atoms with Crippen molar-refractivity contribution in [1.82, 2.24) is 9.36 Å². The van der Waals surface area contributed by atoms with Crippen molar-refractivity contribution >= 4 is 34.8 Å². The van der Waals surface area contributed by atoms with Gasteiger partial charge in [-0.05, 0) is 0 Å². The van der Waals surface area contributed by atoms with Gasteiger partial charge in [-0.3, -0.25) is 4.79 Å². The topological polar surface area (TPSA) is 114 Å². The molecule has 1 aromatic rings. The summed E-state index contributed by atoms with van der Waals surface area (Å²) in [6.07, 6.45) is 0.415. The molecule has 1 heterocycles. The standard InChI is InChI=1S/C6H6N4O4S/c1-14-9-3(5(12)13)4-8-6(7-2-11)15-10-4/h2H,1H3,(H,12,13)(H,7,8,10,11)/b9-3+. The summed E-state index contributed by atoms with van der Waals surface area (Å²) in [6, 6.07) is 0. The van der Waals surface area contributed by atoms with Crippen LogP contribution in [0.5, 0.6) is 0 Å². The Bertz CT molecular complexity index is 402. The van der Waals surface area contributed by atoms with Crippen LogP contribution in [0.4, 0.5) is 5.13 Å². The number of aliphatic carboxylic acids is 1. The lowest BCUT2D eigenvalue weighted by Crippen LogP contribution is -2.16. The highest BCUT2D eigenvalue weighted by atomic mass is 32.1. The van der Waals surface area contributed by atoms with Gasteiger partial charge in [0.1, 0.15) is 7.11 Å². The Balaban J connectivity index is 2.97. The summed E-state index contributed by atoms with van der Waals surface area (Å²) in [5.41, 5.74) is -0.423. The SMILES string of the molecule is CO/N=C(/C(=O)O)c1nsc(NC=O)n1. The van der Waals surface area contributed by atoms with Gasteiger partial charge in [0.05, 0.1) is 0 Å². The molecule has 0 saturated carbocycles. The minimum Gasteiger partial charge on any atom is -0.476 e. The molecule has 2 N–H and O–H groups in total. The first-order chi connectivity index (χ1) is 7.19. The van der Waals surface area contributed by atoms with Crippen molar-refractivity contribution in [3.05, 3.63) is 5.82 Å². The third kappa shape index (κ3) is 2.71. The van der Waals surface area contributed by atoms with Gasteiger partial charge in [-0.2, -0.15) is 9.36 Å². The van der Waals surface area contributed by atoms with E-state index in [4.69, 9.17) is 5.11 Å². The van der Waals surface area contributed by atoms with Crippen LogP contribution < -0.4 is 5.32 Å². The summed E-state index contributed by atoms with van der Waals surface area (Å²) in [6.45, 7) is 0. The van der Waals surface area contributed by atoms with Gasteiger partial charge in [-0.15, -0.1) is 0 Å². The number of carboxylic acids is 1. The summed E-state index contributed by atoms with van der Waals surface area (Å²) in [7, 11) is 1.21. The highest BCUT2D eigenvalue weighted by molar-refractivity contribution is 7.10. The fraction of sp³-hybridized carbons (Fsp3) is 0.167. The number of anilines is 1. The van der Waals surface area contributed by atoms with E-state index in [2.05, 4.69) is 24.7 Å². The summed E-state index contributed by atoms with van der Waals surface area (Å²) >= 11 is 0.843. The van der Waals surface area contributed by atoms with Crippen molar-refractivity contribution in [2.75, 3.05) is 12.4 Å². The van der Waals surface area contributed by atoms with E-state index in [0.717, 1.165) is 11.5 Å². The smallest absolute Gasteiger partial charge is 0.362 e. The van der Waals surface area contributed by atoms with E-state index in [9.17, 15) is 9.59 Å². The van der Waals surface area contributed by atoms with E-state index >= 15 is 0 Å². The Morgan fingerprint density at radius 1 is 1.73 bits per heavy atom. The van der Waals surface area contributed by atoms with Crippen LogP contribution in [0.15, 0.2) is 5.16 Å². The Kier molecular flexibility index (Phi) is 3.68. The molecule has 15 heavy (non-hydrogen) atoms. The zero-order valence-corrected chi connectivity index (χ0v) is 8.32. The van der Waals surface area contributed by atoms with Crippen molar-refractivity contribution in [3.63, 3.8) is 0 Å². The molecule has 0 spiro atoms. The third-order valence-electron chi connectivity index (χ3n) is 1.21. The second-order valence-electron chi connectivity index (χ2n) is 2.11. The first-order valence-corrected chi connectivity index (χ1v) is 4.35. The zero-order valence-electron chi connectivity index (χ0n) is 7.50. The minimum absolute atomic E-state index is 0.112. The number of hydrogen-bond donors (Lipinski definition) is 2. The Hall–Kier alpha value is -2.03. The number of nitrogens with zero attached hydrogens (tertiary/aromatic N) is 3. The Morgan fingerprint density at radius 3 is 3.00 bits per heavy atom. The number of carbonyl (C=O) groups is 2. The number of carbonyl (C=O) groups excluding carboxylic acids is 1. The molecule has 0 unspecified atom stereocenters. The van der Waals surface area contributed by atoms with Gasteiger partial charge in [0.25, 0.3) is 0 Å². The van der Waals surface area contributed by atoms with Gasteiger partial charge in [-0.25, -0.2) is 4.79 Å². The number of carboxylic acid groups (broad SMARTS) is 1. The van der Waals surface area contributed by atoms with Gasteiger partial charge in [0, 0.05) is 11.5 Å². The van der Waals surface area contributed by atoms with E-state index in [1.54, 1.807) is 0 Å². The average molecular weight is 230 g/mol. The molecule has 0 bridgehead atoms. The number of aromatic nitrogens is 2. The van der Waals surface area contributed by atoms with E-state index in [-0.39, 0.29) is 11.0 Å². The average Bonchev–Trinajstić information content (AvgIpc) is 2.62. The molecule has 0 aliphatic carbocycles. The summed E-state index contributed by atoms with van der Waals surface area (Å²) < 4.78 is 3.69. The summed E-state index contributed by atoms with van der Waals surface area (Å²) in [4.78, 5) is 28.8. The fourth-order valence-corrected chi connectivity index (χ4v) is 1.22. The highest BCUT2D eigenvalue weighted by Gasteiger charge is 2.19. The molecule has 1 rings (SSSR count). The van der Waals surface area contributed by atoms with Crippen LogP contribution in [0, 0.1) is 0 Å². The normalized spacial score (nSPS) is 10.9. The third-order valence-corrected chi connectivity index (χ3v) is 1.85. The highest BCUT2D eigenvalue weighted by Crippen LogP contribution is 2.10. The maximum absolute atomic E-state index is 10.7. The predicted molar refractivity (Wildman–Crippen MR) is 50.8 cm³/mol. The number of amides is 1. The monoisotopic (exact) mass is 230 g/mol. The molecule has 0 radical (unpaired) electrons. The molecule has 80 valence electrons. The van der Waals surface area contributed by atoms with Crippen LogP contribution in [-0.2, 0) is 14.4 Å². The molecule has 0 saturated heterocycles. The van der Waals surface area contributed by atoms with Crippen molar-refractivity contribution in [2.24, 2.45) is 5.16 Å². The fourth-order valence-electron chi connectivity index (χ4n) is 0.696. The van der Waals surface area contributed by atoms with E-state index in [1.807, 2.05) is 0 Å². The van der Waals surface area contributed by atoms with Crippen LogP contribution in [0.3, 0.4) is 0 Å². The van der Waals surface area contributed by atoms with Crippen LogP contribution in [0.25, 0.3) is 0 Å². The van der Waals surface area contributed by atoms with E-state index < -0.39 is 11.7 Å². The molecule has 0 atom stereocenters. The Morgan fingerprint density at radius 2 is 2.47 bits per heavy atom. The van der Waals surface area contributed by atoms with Crippen molar-refractivity contribution in [1.29, 1.82) is 0 Å². The number of oxime groups is 1. The van der Waals surface area contributed by atoms with E-state index in [1.165, 1.54) is 7.11 Å². The quantitative estimate of drug-likeness (QED) is 0.402. The van der Waals surface area contributed by atoms with Gasteiger partial charge in [-0.1, -0.05) is 5.16 Å². The lowest BCUT2D eigenvalue weighted by molar-refractivity contribution is -0.129. The lowest BCUT2D eigenvalue weighted by Gasteiger charge is -1.93. The number of nitrogens with one attached hydrogen (secondary N) is 1. The summed E-state index contributed by atoms with van der Waals surface area (Å²) in [5, 5.41) is 14.4. The molecule has 0 aliphatic rings. The second-order valence-corrected chi connectivity index (χ2v) is 2.86. The van der Waals surface area contributed by atoms with Crippen LogP contribution >= 0.6 is 11.5 Å². The number of hydrogen-bond acceptors (Lipinski definition) is 7. The second kappa shape index (κ2) is 5.00. The van der Waals surface area contributed by atoms with Crippen molar-refractivity contribution in [2.45, 2.75) is 0 Å². The first kappa shape index (κ1) is 11.0. The van der Waals surface area contributed by atoms with Gasteiger partial charge >= 0.3 is 5.97 Å². The molecule has 1 aromatic heterocycles. The maximum atomic E-state index is 10.7.